The number of carbonyl (C=O) groups excluding carboxylic acids is 1. The Kier molecular flexibility index (Phi) is 5.43. The van der Waals surface area contributed by atoms with Gasteiger partial charge in [0.05, 0.1) is 14.8 Å². The predicted molar refractivity (Wildman–Crippen MR) is 75.7 cm³/mol. The van der Waals surface area contributed by atoms with E-state index in [1.165, 1.54) is 6.92 Å². The number of rotatable bonds is 7. The molecule has 1 aromatic rings. The van der Waals surface area contributed by atoms with Gasteiger partial charge in [-0.2, -0.15) is 0 Å². The summed E-state index contributed by atoms with van der Waals surface area (Å²) >= 11 is 0. The summed E-state index contributed by atoms with van der Waals surface area (Å²) in [6.07, 6.45) is -0.693. The normalized spacial score (nSPS) is 11.3. The highest BCUT2D eigenvalue weighted by molar-refractivity contribution is 5.81. The van der Waals surface area contributed by atoms with Crippen molar-refractivity contribution >= 4 is 23.0 Å². The first-order valence-corrected chi connectivity index (χ1v) is 6.17. The fourth-order valence-electron chi connectivity index (χ4n) is 1.94. The highest BCUT2D eigenvalue weighted by Gasteiger charge is 2.39. The fourth-order valence-corrected chi connectivity index (χ4v) is 1.94. The van der Waals surface area contributed by atoms with E-state index >= 15 is 0 Å². The van der Waals surface area contributed by atoms with E-state index in [4.69, 9.17) is 4.74 Å². The van der Waals surface area contributed by atoms with E-state index in [9.17, 15) is 35.1 Å². The van der Waals surface area contributed by atoms with Crippen LogP contribution in [0.1, 0.15) is 25.0 Å². The Labute approximate surface area is 128 Å². The molecule has 11 heteroatoms. The maximum Gasteiger partial charge on any atom is 0.359 e. The van der Waals surface area contributed by atoms with Gasteiger partial charge >= 0.3 is 17.3 Å². The lowest BCUT2D eigenvalue weighted by Crippen LogP contribution is -2.13. The molecule has 0 aliphatic carbocycles. The quantitative estimate of drug-likeness (QED) is 0.320. The summed E-state index contributed by atoms with van der Waals surface area (Å²) in [4.78, 5) is 41.5. The lowest BCUT2D eigenvalue weighted by molar-refractivity contribution is -0.425. The molecule has 0 aromatic heterocycles. The van der Waals surface area contributed by atoms with Gasteiger partial charge in [0.25, 0.3) is 5.69 Å². The molecule has 0 saturated carbocycles. The van der Waals surface area contributed by atoms with E-state index < -0.39 is 49.5 Å². The average molecular weight is 325 g/mol. The molecule has 23 heavy (non-hydrogen) atoms. The minimum atomic E-state index is -1.40. The van der Waals surface area contributed by atoms with Crippen LogP contribution in [0, 0.1) is 30.3 Å². The zero-order valence-electron chi connectivity index (χ0n) is 11.8. The van der Waals surface area contributed by atoms with Crippen LogP contribution in [0.2, 0.25) is 0 Å². The van der Waals surface area contributed by atoms with E-state index in [1.54, 1.807) is 0 Å². The third-order valence-corrected chi connectivity index (χ3v) is 2.87. The van der Waals surface area contributed by atoms with Gasteiger partial charge in [0.1, 0.15) is 6.10 Å². The van der Waals surface area contributed by atoms with E-state index in [0.717, 1.165) is 12.1 Å². The first-order chi connectivity index (χ1) is 10.7. The smallest absolute Gasteiger partial charge is 0.359 e. The van der Waals surface area contributed by atoms with Crippen molar-refractivity contribution in [3.8, 4) is 0 Å². The monoisotopic (exact) mass is 325 g/mol. The minimum absolute atomic E-state index is 0.0670. The van der Waals surface area contributed by atoms with Crippen LogP contribution in [0.15, 0.2) is 24.8 Å². The number of carbonyl (C=O) groups is 1. The number of ether oxygens (including phenoxy) is 1. The number of hydrogen-bond donors (Lipinski definition) is 0. The van der Waals surface area contributed by atoms with Crippen LogP contribution >= 0.6 is 0 Å². The average Bonchev–Trinajstić information content (AvgIpc) is 2.50. The Hall–Kier alpha value is -3.37. The van der Waals surface area contributed by atoms with Gasteiger partial charge in [-0.05, 0) is 6.42 Å². The van der Waals surface area contributed by atoms with Gasteiger partial charge in [0, 0.05) is 18.2 Å². The van der Waals surface area contributed by atoms with E-state index in [0.29, 0.717) is 6.07 Å². The van der Waals surface area contributed by atoms with Crippen molar-refractivity contribution in [2.24, 2.45) is 0 Å². The summed E-state index contributed by atoms with van der Waals surface area (Å²) in [5, 5.41) is 33.3. The largest absolute Gasteiger partial charge is 0.454 e. The summed E-state index contributed by atoms with van der Waals surface area (Å²) in [6, 6.07) is 1.44. The molecule has 1 rings (SSSR count). The van der Waals surface area contributed by atoms with Gasteiger partial charge in [-0.3, -0.25) is 30.3 Å². The molecule has 0 saturated heterocycles. The third-order valence-electron chi connectivity index (χ3n) is 2.87. The van der Waals surface area contributed by atoms with Crippen LogP contribution in [-0.2, 0) is 9.53 Å². The molecule has 1 unspecified atom stereocenters. The zero-order valence-corrected chi connectivity index (χ0v) is 11.8. The summed E-state index contributed by atoms with van der Waals surface area (Å²) in [5.74, 6) is -0.966. The van der Waals surface area contributed by atoms with E-state index in [-0.39, 0.29) is 6.42 Å². The molecule has 0 bridgehead atoms. The second-order valence-electron chi connectivity index (χ2n) is 4.18. The number of nitrogens with zero attached hydrogens (tertiary/aromatic N) is 3. The van der Waals surface area contributed by atoms with Crippen LogP contribution in [0.4, 0.5) is 17.1 Å². The van der Waals surface area contributed by atoms with Crippen molar-refractivity contribution in [2.75, 3.05) is 0 Å². The number of benzene rings is 1. The SMILES string of the molecule is C=CC(=O)OC(CC)c1c([N+](=O)[O-])ccc([N+](=O)[O-])c1[N+](=O)[O-]. The predicted octanol–water partition coefficient (Wildman–Crippen LogP) is 2.59. The van der Waals surface area contributed by atoms with Gasteiger partial charge in [0.15, 0.2) is 5.56 Å². The van der Waals surface area contributed by atoms with Gasteiger partial charge < -0.3 is 4.74 Å². The first-order valence-electron chi connectivity index (χ1n) is 6.17. The minimum Gasteiger partial charge on any atom is -0.454 e. The van der Waals surface area contributed by atoms with Crippen LogP contribution in [0.3, 0.4) is 0 Å². The molecule has 122 valence electrons. The lowest BCUT2D eigenvalue weighted by atomic mass is 10.0. The van der Waals surface area contributed by atoms with Crippen LogP contribution in [0.5, 0.6) is 0 Å². The van der Waals surface area contributed by atoms with Crippen molar-refractivity contribution in [3.05, 3.63) is 60.7 Å². The van der Waals surface area contributed by atoms with Gasteiger partial charge in [-0.25, -0.2) is 4.79 Å². The lowest BCUT2D eigenvalue weighted by Gasteiger charge is -2.15. The number of nitro groups is 3. The second-order valence-corrected chi connectivity index (χ2v) is 4.18. The van der Waals surface area contributed by atoms with Crippen LogP contribution < -0.4 is 0 Å². The molecule has 1 aromatic carbocycles. The van der Waals surface area contributed by atoms with Gasteiger partial charge in [-0.1, -0.05) is 13.5 Å². The van der Waals surface area contributed by atoms with E-state index in [1.807, 2.05) is 0 Å². The number of hydrogen-bond acceptors (Lipinski definition) is 8. The number of esters is 1. The van der Waals surface area contributed by atoms with Crippen molar-refractivity contribution in [2.45, 2.75) is 19.4 Å². The molecule has 0 heterocycles. The maximum absolute atomic E-state index is 11.3. The summed E-state index contributed by atoms with van der Waals surface area (Å²) in [6.45, 7) is 4.60. The standard InChI is InChI=1S/C12H11N3O8/c1-3-9(23-10(16)4-2)11-7(13(17)18)5-6-8(14(19)20)12(11)15(21)22/h4-6,9H,2-3H2,1H3. The molecule has 0 amide bonds. The maximum atomic E-state index is 11.3. The Morgan fingerprint density at radius 2 is 1.70 bits per heavy atom. The topological polar surface area (TPSA) is 156 Å². The van der Waals surface area contributed by atoms with Crippen molar-refractivity contribution in [3.63, 3.8) is 0 Å². The summed E-state index contributed by atoms with van der Waals surface area (Å²) in [7, 11) is 0. The molecule has 0 N–H and O–H groups in total. The van der Waals surface area contributed by atoms with Crippen LogP contribution in [0.25, 0.3) is 0 Å². The van der Waals surface area contributed by atoms with Gasteiger partial charge in [-0.15, -0.1) is 0 Å². The zero-order chi connectivity index (χ0) is 17.7. The number of nitro benzene ring substituents is 3. The molecule has 1 atom stereocenters. The van der Waals surface area contributed by atoms with Crippen molar-refractivity contribution in [1.82, 2.24) is 0 Å². The third kappa shape index (κ3) is 3.64. The highest BCUT2D eigenvalue weighted by atomic mass is 16.6. The Morgan fingerprint density at radius 3 is 2.09 bits per heavy atom. The first kappa shape index (κ1) is 17.7. The molecular formula is C12H11N3O8. The molecule has 0 spiro atoms. The highest BCUT2D eigenvalue weighted by Crippen LogP contribution is 2.42. The Balaban J connectivity index is 3.74. The van der Waals surface area contributed by atoms with Crippen molar-refractivity contribution in [1.29, 1.82) is 0 Å². The Bertz CT molecular complexity index is 700. The molecule has 0 aliphatic heterocycles. The molecule has 0 radical (unpaired) electrons. The Morgan fingerprint density at radius 1 is 1.17 bits per heavy atom. The summed E-state index contributed by atoms with van der Waals surface area (Å²) < 4.78 is 4.86. The molecule has 0 aliphatic rings. The molecular weight excluding hydrogens is 314 g/mol. The van der Waals surface area contributed by atoms with Crippen LogP contribution in [-0.4, -0.2) is 20.7 Å². The van der Waals surface area contributed by atoms with E-state index in [2.05, 4.69) is 6.58 Å². The second kappa shape index (κ2) is 7.06. The molecule has 11 nitrogen and oxygen atoms in total. The summed E-state index contributed by atoms with van der Waals surface area (Å²) in [5.41, 5.74) is -3.38. The van der Waals surface area contributed by atoms with Crippen molar-refractivity contribution < 1.29 is 24.3 Å². The van der Waals surface area contributed by atoms with Gasteiger partial charge in [0.2, 0.25) is 0 Å². The fraction of sp³-hybridized carbons (Fsp3) is 0.250. The molecule has 0 fully saturated rings.